The number of nitrogens with zero attached hydrogens (tertiary/aromatic N) is 1. The highest BCUT2D eigenvalue weighted by Crippen LogP contribution is 2.18. The van der Waals surface area contributed by atoms with Crippen molar-refractivity contribution in [1.29, 1.82) is 0 Å². The van der Waals surface area contributed by atoms with Crippen molar-refractivity contribution in [2.24, 2.45) is 0 Å². The van der Waals surface area contributed by atoms with Gasteiger partial charge < -0.3 is 15.0 Å². The molecule has 104 valence electrons. The molecule has 4 nitrogen and oxygen atoms in total. The monoisotopic (exact) mass is 266 g/mol. The third kappa shape index (κ3) is 3.67. The summed E-state index contributed by atoms with van der Waals surface area (Å²) in [5.41, 5.74) is 0.821. The molecule has 0 bridgehead atoms. The summed E-state index contributed by atoms with van der Waals surface area (Å²) in [5.74, 6) is -0.00970. The number of rotatable bonds is 4. The molecule has 0 saturated carbocycles. The van der Waals surface area contributed by atoms with Crippen LogP contribution >= 0.6 is 0 Å². The van der Waals surface area contributed by atoms with Crippen LogP contribution in [0.15, 0.2) is 18.2 Å². The molecule has 0 aromatic heterocycles. The van der Waals surface area contributed by atoms with E-state index in [-0.39, 0.29) is 17.5 Å². The normalized spacial score (nSPS) is 15.4. The molecule has 2 rings (SSSR count). The molecule has 1 heterocycles. The molecule has 0 unspecified atom stereocenters. The van der Waals surface area contributed by atoms with Crippen molar-refractivity contribution >= 4 is 5.91 Å². The van der Waals surface area contributed by atoms with E-state index in [1.54, 1.807) is 12.1 Å². The summed E-state index contributed by atoms with van der Waals surface area (Å²) in [7, 11) is 1.44. The van der Waals surface area contributed by atoms with Gasteiger partial charge in [-0.05, 0) is 24.1 Å². The van der Waals surface area contributed by atoms with Crippen LogP contribution in [0.25, 0.3) is 0 Å². The fourth-order valence-electron chi connectivity index (χ4n) is 2.19. The summed E-state index contributed by atoms with van der Waals surface area (Å²) in [5, 5.41) is 3.21. The van der Waals surface area contributed by atoms with Crippen LogP contribution in [-0.2, 0) is 11.2 Å². The number of halogens is 1. The summed E-state index contributed by atoms with van der Waals surface area (Å²) in [6, 6.07) is 4.83. The highest BCUT2D eigenvalue weighted by Gasteiger charge is 2.15. The van der Waals surface area contributed by atoms with E-state index >= 15 is 0 Å². The second kappa shape index (κ2) is 6.52. The number of aryl methyl sites for hydroxylation is 1. The minimum Gasteiger partial charge on any atom is -0.494 e. The van der Waals surface area contributed by atoms with E-state index in [9.17, 15) is 9.18 Å². The zero-order valence-corrected chi connectivity index (χ0v) is 11.1. The lowest BCUT2D eigenvalue weighted by Gasteiger charge is -2.27. The largest absolute Gasteiger partial charge is 0.494 e. The zero-order valence-electron chi connectivity index (χ0n) is 11.1. The molecular formula is C14H19FN2O2. The summed E-state index contributed by atoms with van der Waals surface area (Å²) in [4.78, 5) is 13.8. The molecule has 1 saturated heterocycles. The Bertz CT molecular complexity index is 445. The van der Waals surface area contributed by atoms with E-state index in [1.807, 2.05) is 4.90 Å². The van der Waals surface area contributed by atoms with Crippen LogP contribution in [0.3, 0.4) is 0 Å². The Morgan fingerprint density at radius 3 is 2.79 bits per heavy atom. The summed E-state index contributed by atoms with van der Waals surface area (Å²) < 4.78 is 18.4. The third-order valence-electron chi connectivity index (χ3n) is 3.31. The maximum absolute atomic E-state index is 13.5. The molecule has 1 aromatic rings. The van der Waals surface area contributed by atoms with Crippen LogP contribution in [0.2, 0.25) is 0 Å². The molecule has 0 radical (unpaired) electrons. The number of carbonyl (C=O) groups is 1. The van der Waals surface area contributed by atoms with Gasteiger partial charge in [0.1, 0.15) is 0 Å². The summed E-state index contributed by atoms with van der Waals surface area (Å²) in [6.45, 7) is 3.22. The van der Waals surface area contributed by atoms with Crippen LogP contribution in [0.1, 0.15) is 12.0 Å². The number of methoxy groups -OCH3 is 1. The van der Waals surface area contributed by atoms with E-state index in [1.165, 1.54) is 13.2 Å². The molecule has 1 fully saturated rings. The number of hydrogen-bond acceptors (Lipinski definition) is 3. The van der Waals surface area contributed by atoms with Gasteiger partial charge in [-0.2, -0.15) is 0 Å². The van der Waals surface area contributed by atoms with Gasteiger partial charge >= 0.3 is 0 Å². The van der Waals surface area contributed by atoms with E-state index in [4.69, 9.17) is 4.74 Å². The lowest BCUT2D eigenvalue weighted by Crippen LogP contribution is -2.46. The molecule has 1 N–H and O–H groups in total. The molecule has 0 atom stereocenters. The zero-order chi connectivity index (χ0) is 13.7. The first-order valence-electron chi connectivity index (χ1n) is 6.51. The van der Waals surface area contributed by atoms with Crippen molar-refractivity contribution in [3.8, 4) is 5.75 Å². The second-order valence-electron chi connectivity index (χ2n) is 4.60. The van der Waals surface area contributed by atoms with Gasteiger partial charge in [-0.15, -0.1) is 0 Å². The van der Waals surface area contributed by atoms with Crippen molar-refractivity contribution in [2.75, 3.05) is 33.3 Å². The number of piperazine rings is 1. The van der Waals surface area contributed by atoms with E-state index in [0.717, 1.165) is 31.7 Å². The highest BCUT2D eigenvalue weighted by atomic mass is 19.1. The molecule has 0 aliphatic carbocycles. The van der Waals surface area contributed by atoms with E-state index in [2.05, 4.69) is 5.32 Å². The van der Waals surface area contributed by atoms with Crippen LogP contribution < -0.4 is 10.1 Å². The SMILES string of the molecule is COc1ccc(CCC(=O)N2CCNCC2)cc1F. The Balaban J connectivity index is 1.87. The van der Waals surface area contributed by atoms with Gasteiger partial charge in [-0.3, -0.25) is 4.79 Å². The number of ether oxygens (including phenoxy) is 1. The third-order valence-corrected chi connectivity index (χ3v) is 3.31. The molecule has 1 aliphatic rings. The Kier molecular flexibility index (Phi) is 4.74. The van der Waals surface area contributed by atoms with Crippen molar-refractivity contribution in [1.82, 2.24) is 10.2 Å². The van der Waals surface area contributed by atoms with Crippen molar-refractivity contribution in [2.45, 2.75) is 12.8 Å². The fraction of sp³-hybridized carbons (Fsp3) is 0.500. The quantitative estimate of drug-likeness (QED) is 0.890. The minimum atomic E-state index is -0.380. The summed E-state index contributed by atoms with van der Waals surface area (Å²) >= 11 is 0. The number of amides is 1. The highest BCUT2D eigenvalue weighted by molar-refractivity contribution is 5.76. The lowest BCUT2D eigenvalue weighted by atomic mass is 10.1. The van der Waals surface area contributed by atoms with Crippen LogP contribution in [0.5, 0.6) is 5.75 Å². The summed E-state index contributed by atoms with van der Waals surface area (Å²) in [6.07, 6.45) is 0.982. The Morgan fingerprint density at radius 2 is 2.16 bits per heavy atom. The van der Waals surface area contributed by atoms with Gasteiger partial charge in [0.25, 0.3) is 0 Å². The lowest BCUT2D eigenvalue weighted by molar-refractivity contribution is -0.131. The van der Waals surface area contributed by atoms with Crippen molar-refractivity contribution < 1.29 is 13.9 Å². The fourth-order valence-corrected chi connectivity index (χ4v) is 2.19. The average Bonchev–Trinajstić information content (AvgIpc) is 2.46. The number of benzene rings is 1. The smallest absolute Gasteiger partial charge is 0.222 e. The molecular weight excluding hydrogens is 247 g/mol. The van der Waals surface area contributed by atoms with Gasteiger partial charge in [-0.1, -0.05) is 6.07 Å². The predicted octanol–water partition coefficient (Wildman–Crippen LogP) is 1.20. The van der Waals surface area contributed by atoms with Gasteiger partial charge in [0.05, 0.1) is 7.11 Å². The topological polar surface area (TPSA) is 41.6 Å². The Morgan fingerprint density at radius 1 is 1.42 bits per heavy atom. The van der Waals surface area contributed by atoms with E-state index < -0.39 is 0 Å². The van der Waals surface area contributed by atoms with Gasteiger partial charge in [0, 0.05) is 32.6 Å². The van der Waals surface area contributed by atoms with Gasteiger partial charge in [0.2, 0.25) is 5.91 Å². The van der Waals surface area contributed by atoms with E-state index in [0.29, 0.717) is 12.8 Å². The Hall–Kier alpha value is -1.62. The van der Waals surface area contributed by atoms with Crippen molar-refractivity contribution in [3.05, 3.63) is 29.6 Å². The number of hydrogen-bond donors (Lipinski definition) is 1. The first-order chi connectivity index (χ1) is 9.20. The molecule has 0 spiro atoms. The standard InChI is InChI=1S/C14H19FN2O2/c1-19-13-4-2-11(10-12(13)15)3-5-14(18)17-8-6-16-7-9-17/h2,4,10,16H,3,5-9H2,1H3. The number of nitrogens with one attached hydrogen (secondary N) is 1. The van der Waals surface area contributed by atoms with Crippen LogP contribution in [-0.4, -0.2) is 44.1 Å². The molecule has 19 heavy (non-hydrogen) atoms. The first-order valence-corrected chi connectivity index (χ1v) is 6.51. The second-order valence-corrected chi connectivity index (χ2v) is 4.60. The Labute approximate surface area is 112 Å². The average molecular weight is 266 g/mol. The van der Waals surface area contributed by atoms with Gasteiger partial charge in [-0.25, -0.2) is 4.39 Å². The van der Waals surface area contributed by atoms with Gasteiger partial charge in [0.15, 0.2) is 11.6 Å². The molecule has 1 aromatic carbocycles. The maximum Gasteiger partial charge on any atom is 0.222 e. The minimum absolute atomic E-state index is 0.137. The number of carbonyl (C=O) groups excluding carboxylic acids is 1. The molecule has 1 aliphatic heterocycles. The maximum atomic E-state index is 13.5. The van der Waals surface area contributed by atoms with Crippen LogP contribution in [0.4, 0.5) is 4.39 Å². The van der Waals surface area contributed by atoms with Crippen LogP contribution in [0, 0.1) is 5.82 Å². The molecule has 1 amide bonds. The van der Waals surface area contributed by atoms with Crippen molar-refractivity contribution in [3.63, 3.8) is 0 Å². The molecule has 5 heteroatoms. The first kappa shape index (κ1) is 13.8. The predicted molar refractivity (Wildman–Crippen MR) is 70.7 cm³/mol.